The van der Waals surface area contributed by atoms with Crippen molar-refractivity contribution in [3.63, 3.8) is 0 Å². The number of nitrogens with two attached hydrogens (primary N) is 1. The van der Waals surface area contributed by atoms with E-state index < -0.39 is 12.0 Å². The summed E-state index contributed by atoms with van der Waals surface area (Å²) in [6, 6.07) is 0. The highest BCUT2D eigenvalue weighted by Gasteiger charge is 2.04. The van der Waals surface area contributed by atoms with Crippen LogP contribution in [0.1, 0.15) is 13.8 Å². The zero-order valence-corrected chi connectivity index (χ0v) is 9.94. The van der Waals surface area contributed by atoms with E-state index in [0.29, 0.717) is 26.3 Å². The highest BCUT2D eigenvalue weighted by atomic mass is 16.5. The van der Waals surface area contributed by atoms with Crippen molar-refractivity contribution < 1.29 is 19.4 Å². The molecule has 0 spiro atoms. The Hall–Kier alpha value is -0.690. The third-order valence-corrected chi connectivity index (χ3v) is 1.67. The first-order valence-corrected chi connectivity index (χ1v) is 5.38. The second-order valence-electron chi connectivity index (χ2n) is 3.76. The predicted molar refractivity (Wildman–Crippen MR) is 60.0 cm³/mol. The lowest BCUT2D eigenvalue weighted by Crippen LogP contribution is -2.33. The lowest BCUT2D eigenvalue weighted by molar-refractivity contribution is -0.122. The van der Waals surface area contributed by atoms with Gasteiger partial charge in [-0.05, 0) is 13.8 Å². The van der Waals surface area contributed by atoms with Gasteiger partial charge in [0.1, 0.15) is 6.61 Å². The molecule has 0 bridgehead atoms. The van der Waals surface area contributed by atoms with Gasteiger partial charge >= 0.3 is 0 Å². The van der Waals surface area contributed by atoms with E-state index in [9.17, 15) is 9.90 Å². The summed E-state index contributed by atoms with van der Waals surface area (Å²) in [5.41, 5.74) is 4.88. The number of rotatable bonds is 10. The van der Waals surface area contributed by atoms with Crippen molar-refractivity contribution in [2.45, 2.75) is 26.1 Å². The van der Waals surface area contributed by atoms with Gasteiger partial charge in [0, 0.05) is 13.1 Å². The van der Waals surface area contributed by atoms with Crippen LogP contribution in [-0.4, -0.2) is 56.1 Å². The smallest absolute Gasteiger partial charge is 0.243 e. The zero-order chi connectivity index (χ0) is 12.4. The van der Waals surface area contributed by atoms with Gasteiger partial charge in [-0.2, -0.15) is 0 Å². The maximum absolute atomic E-state index is 10.3. The predicted octanol–water partition coefficient (Wildman–Crippen LogP) is -1.14. The molecule has 4 N–H and O–H groups in total. The van der Waals surface area contributed by atoms with Crippen molar-refractivity contribution >= 4 is 5.91 Å². The van der Waals surface area contributed by atoms with Crippen LogP contribution in [-0.2, 0) is 14.3 Å². The van der Waals surface area contributed by atoms with Crippen LogP contribution in [0.5, 0.6) is 0 Å². The Labute approximate surface area is 96.1 Å². The first kappa shape index (κ1) is 15.3. The molecule has 1 atom stereocenters. The molecule has 1 amide bonds. The topological polar surface area (TPSA) is 93.8 Å². The van der Waals surface area contributed by atoms with E-state index >= 15 is 0 Å². The summed E-state index contributed by atoms with van der Waals surface area (Å²) in [6.45, 7) is 5.46. The monoisotopic (exact) mass is 234 g/mol. The average Bonchev–Trinajstić information content (AvgIpc) is 2.19. The number of amides is 1. The van der Waals surface area contributed by atoms with Crippen molar-refractivity contribution in [1.29, 1.82) is 0 Å². The zero-order valence-electron chi connectivity index (χ0n) is 9.94. The Morgan fingerprint density at radius 3 is 2.75 bits per heavy atom. The van der Waals surface area contributed by atoms with E-state index in [0.717, 1.165) is 0 Å². The van der Waals surface area contributed by atoms with Gasteiger partial charge in [-0.3, -0.25) is 4.79 Å². The molecule has 16 heavy (non-hydrogen) atoms. The van der Waals surface area contributed by atoms with Crippen LogP contribution in [0, 0.1) is 0 Å². The van der Waals surface area contributed by atoms with E-state index in [2.05, 4.69) is 5.32 Å². The first-order chi connectivity index (χ1) is 7.52. The molecule has 0 aliphatic carbocycles. The fraction of sp³-hybridized carbons (Fsp3) is 0.900. The normalized spacial score (nSPS) is 13.0. The Morgan fingerprint density at radius 2 is 2.19 bits per heavy atom. The van der Waals surface area contributed by atoms with Crippen LogP contribution in [0.15, 0.2) is 0 Å². The number of hydrogen-bond donors (Lipinski definition) is 3. The largest absolute Gasteiger partial charge is 0.389 e. The molecule has 0 saturated carbocycles. The molecule has 0 aliphatic rings. The van der Waals surface area contributed by atoms with Gasteiger partial charge in [0.2, 0.25) is 5.91 Å². The van der Waals surface area contributed by atoms with Gasteiger partial charge < -0.3 is 25.6 Å². The fourth-order valence-corrected chi connectivity index (χ4v) is 0.948. The van der Waals surface area contributed by atoms with Crippen LogP contribution < -0.4 is 11.1 Å². The summed E-state index contributed by atoms with van der Waals surface area (Å²) in [5, 5.41) is 12.4. The summed E-state index contributed by atoms with van der Waals surface area (Å²) >= 11 is 0. The molecule has 0 aliphatic heterocycles. The number of carbonyl (C=O) groups excluding carboxylic acids is 1. The fourth-order valence-electron chi connectivity index (χ4n) is 0.948. The van der Waals surface area contributed by atoms with Crippen LogP contribution in [0.3, 0.4) is 0 Å². The summed E-state index contributed by atoms with van der Waals surface area (Å²) < 4.78 is 10.2. The van der Waals surface area contributed by atoms with Gasteiger partial charge in [-0.1, -0.05) is 0 Å². The highest BCUT2D eigenvalue weighted by Crippen LogP contribution is 1.90. The van der Waals surface area contributed by atoms with Gasteiger partial charge in [0.15, 0.2) is 0 Å². The molecule has 0 heterocycles. The van der Waals surface area contributed by atoms with Crippen LogP contribution in [0.4, 0.5) is 0 Å². The van der Waals surface area contributed by atoms with Crippen molar-refractivity contribution in [3.05, 3.63) is 0 Å². The number of aliphatic hydroxyl groups excluding tert-OH is 1. The van der Waals surface area contributed by atoms with Crippen molar-refractivity contribution in [2.24, 2.45) is 5.73 Å². The summed E-state index contributed by atoms with van der Waals surface area (Å²) in [5.74, 6) is -0.481. The molecule has 0 aromatic carbocycles. The minimum absolute atomic E-state index is 0.0688. The lowest BCUT2D eigenvalue weighted by atomic mass is 10.3. The quantitative estimate of drug-likeness (QED) is 0.416. The van der Waals surface area contributed by atoms with Crippen molar-refractivity contribution in [1.82, 2.24) is 5.32 Å². The Bertz CT molecular complexity index is 188. The standard InChI is InChI=1S/C10H22N2O4/c1-8(2)16-6-9(13)5-12-3-4-15-7-10(11)14/h8-9,12-13H,3-7H2,1-2H3,(H2,11,14). The summed E-state index contributed by atoms with van der Waals surface area (Å²) in [4.78, 5) is 10.3. The van der Waals surface area contributed by atoms with E-state index in [4.69, 9.17) is 15.2 Å². The summed E-state index contributed by atoms with van der Waals surface area (Å²) in [7, 11) is 0. The molecule has 0 radical (unpaired) electrons. The number of nitrogens with one attached hydrogen (secondary N) is 1. The maximum atomic E-state index is 10.3. The number of hydrogen-bond acceptors (Lipinski definition) is 5. The Balaban J connectivity index is 3.21. The highest BCUT2D eigenvalue weighted by molar-refractivity contribution is 5.74. The van der Waals surface area contributed by atoms with E-state index in [1.54, 1.807) is 0 Å². The summed E-state index contributed by atoms with van der Waals surface area (Å²) in [6.07, 6.45) is -0.410. The van der Waals surface area contributed by atoms with E-state index in [1.807, 2.05) is 13.8 Å². The van der Waals surface area contributed by atoms with Gasteiger partial charge in [0.05, 0.1) is 25.4 Å². The third kappa shape index (κ3) is 11.4. The molecular weight excluding hydrogens is 212 g/mol. The second kappa shape index (κ2) is 9.53. The Morgan fingerprint density at radius 1 is 1.50 bits per heavy atom. The number of aliphatic hydroxyl groups is 1. The first-order valence-electron chi connectivity index (χ1n) is 5.38. The number of primary amides is 1. The van der Waals surface area contributed by atoms with Crippen molar-refractivity contribution in [2.75, 3.05) is 32.9 Å². The van der Waals surface area contributed by atoms with Crippen LogP contribution in [0.2, 0.25) is 0 Å². The van der Waals surface area contributed by atoms with Crippen LogP contribution >= 0.6 is 0 Å². The van der Waals surface area contributed by atoms with Crippen LogP contribution in [0.25, 0.3) is 0 Å². The van der Waals surface area contributed by atoms with E-state index in [1.165, 1.54) is 0 Å². The van der Waals surface area contributed by atoms with Crippen molar-refractivity contribution in [3.8, 4) is 0 Å². The molecule has 0 aromatic heterocycles. The van der Waals surface area contributed by atoms with Gasteiger partial charge in [-0.25, -0.2) is 0 Å². The second-order valence-corrected chi connectivity index (χ2v) is 3.76. The van der Waals surface area contributed by atoms with Gasteiger partial charge in [-0.15, -0.1) is 0 Å². The molecule has 96 valence electrons. The number of ether oxygens (including phenoxy) is 2. The minimum atomic E-state index is -0.529. The third-order valence-electron chi connectivity index (χ3n) is 1.67. The van der Waals surface area contributed by atoms with E-state index in [-0.39, 0.29) is 12.7 Å². The molecule has 0 fully saturated rings. The average molecular weight is 234 g/mol. The minimum Gasteiger partial charge on any atom is -0.389 e. The molecule has 6 heteroatoms. The van der Waals surface area contributed by atoms with Gasteiger partial charge in [0.25, 0.3) is 0 Å². The molecule has 0 aromatic rings. The Kier molecular flexibility index (Phi) is 9.12. The molecule has 0 saturated heterocycles. The molecule has 0 rings (SSSR count). The maximum Gasteiger partial charge on any atom is 0.243 e. The number of carbonyl (C=O) groups is 1. The molecular formula is C10H22N2O4. The lowest BCUT2D eigenvalue weighted by Gasteiger charge is -2.14. The molecule has 6 nitrogen and oxygen atoms in total. The SMILES string of the molecule is CC(C)OCC(O)CNCCOCC(N)=O. The molecule has 1 unspecified atom stereocenters.